The first-order valence-corrected chi connectivity index (χ1v) is 12.9. The third-order valence-electron chi connectivity index (χ3n) is 5.63. The van der Waals surface area contributed by atoms with Gasteiger partial charge in [0, 0.05) is 65.7 Å². The van der Waals surface area contributed by atoms with Crippen molar-refractivity contribution in [3.05, 3.63) is 54.5 Å². The van der Waals surface area contributed by atoms with Crippen LogP contribution in [0.15, 0.2) is 53.1 Å². The van der Waals surface area contributed by atoms with E-state index in [1.807, 2.05) is 24.0 Å². The van der Waals surface area contributed by atoms with Gasteiger partial charge in [0.25, 0.3) is 0 Å². The molecule has 8 heteroatoms. The molecular weight excluding hydrogens is 438 g/mol. The lowest BCUT2D eigenvalue weighted by Crippen LogP contribution is -2.10. The highest BCUT2D eigenvalue weighted by Crippen LogP contribution is 2.41. The fraction of sp³-hybridized carbons (Fsp3) is 0.250. The normalized spacial score (nSPS) is 12.6. The number of pyridine rings is 1. The van der Waals surface area contributed by atoms with Crippen LogP contribution in [-0.2, 0) is 22.7 Å². The zero-order chi connectivity index (χ0) is 22.2. The fourth-order valence-corrected chi connectivity index (χ4v) is 7.19. The first kappa shape index (κ1) is 21.1. The van der Waals surface area contributed by atoms with E-state index in [1.165, 1.54) is 15.2 Å². The topological polar surface area (TPSA) is 65.7 Å². The van der Waals surface area contributed by atoms with Crippen molar-refractivity contribution in [1.82, 2.24) is 24.7 Å². The molecular formula is C24H24N5OS2+. The van der Waals surface area contributed by atoms with Gasteiger partial charge in [-0.15, -0.1) is 0 Å². The van der Waals surface area contributed by atoms with Gasteiger partial charge >= 0.3 is 0 Å². The van der Waals surface area contributed by atoms with Crippen LogP contribution < -0.4 is 0 Å². The van der Waals surface area contributed by atoms with Crippen LogP contribution in [0.25, 0.3) is 43.8 Å². The average Bonchev–Trinajstić information content (AvgIpc) is 3.39. The van der Waals surface area contributed by atoms with Gasteiger partial charge in [0.05, 0.1) is 29.0 Å². The molecule has 0 amide bonds. The number of hydrogen-bond donors (Lipinski definition) is 0. The molecule has 5 aromatic rings. The molecule has 162 valence electrons. The van der Waals surface area contributed by atoms with Gasteiger partial charge in [-0.2, -0.15) is 5.10 Å². The maximum absolute atomic E-state index is 5.33. The molecule has 0 saturated heterocycles. The molecule has 0 aliphatic rings. The number of nitrogens with zero attached hydrogens (tertiary/aromatic N) is 5. The van der Waals surface area contributed by atoms with Gasteiger partial charge in [-0.05, 0) is 31.2 Å². The van der Waals surface area contributed by atoms with E-state index < -0.39 is 0 Å². The predicted octanol–water partition coefficient (Wildman–Crippen LogP) is 4.87. The van der Waals surface area contributed by atoms with Gasteiger partial charge in [0.2, 0.25) is 4.21 Å². The maximum atomic E-state index is 5.33. The van der Waals surface area contributed by atoms with E-state index in [2.05, 4.69) is 52.5 Å². The average molecular weight is 463 g/mol. The van der Waals surface area contributed by atoms with Crippen molar-refractivity contribution in [2.75, 3.05) is 25.7 Å². The third kappa shape index (κ3) is 3.68. The van der Waals surface area contributed by atoms with Crippen molar-refractivity contribution in [2.24, 2.45) is 7.05 Å². The van der Waals surface area contributed by atoms with Crippen LogP contribution in [0.2, 0.25) is 0 Å². The van der Waals surface area contributed by atoms with E-state index in [0.29, 0.717) is 0 Å². The number of hydrogen-bond acceptors (Lipinski definition) is 6. The Hall–Kier alpha value is -2.81. The Morgan fingerprint density at radius 3 is 2.62 bits per heavy atom. The number of ether oxygens (including phenoxy) is 1. The van der Waals surface area contributed by atoms with Crippen LogP contribution in [0, 0.1) is 6.92 Å². The molecule has 0 radical (unpaired) electrons. The molecule has 0 fully saturated rings. The van der Waals surface area contributed by atoms with Crippen LogP contribution in [0.3, 0.4) is 0 Å². The first-order valence-electron chi connectivity index (χ1n) is 10.3. The Bertz CT molecular complexity index is 1420. The fourth-order valence-electron chi connectivity index (χ4n) is 3.97. The summed E-state index contributed by atoms with van der Waals surface area (Å²) in [5, 5.41) is 5.64. The van der Waals surface area contributed by atoms with Crippen molar-refractivity contribution in [3.63, 3.8) is 0 Å². The number of thiophene rings is 1. The summed E-state index contributed by atoms with van der Waals surface area (Å²) >= 11 is 1.80. The Morgan fingerprint density at radius 1 is 1.06 bits per heavy atom. The quantitative estimate of drug-likeness (QED) is 0.337. The number of benzene rings is 1. The molecule has 1 unspecified atom stereocenters. The molecule has 0 spiro atoms. The molecule has 0 saturated carbocycles. The van der Waals surface area contributed by atoms with Gasteiger partial charge in [0.15, 0.2) is 0 Å². The Labute approximate surface area is 193 Å². The largest absolute Gasteiger partial charge is 0.380 e. The summed E-state index contributed by atoms with van der Waals surface area (Å²) in [5.41, 5.74) is 7.27. The number of fused-ring (bicyclic) bond motifs is 2. The lowest BCUT2D eigenvalue weighted by molar-refractivity contribution is 0.218. The van der Waals surface area contributed by atoms with Crippen molar-refractivity contribution < 1.29 is 4.74 Å². The van der Waals surface area contributed by atoms with Crippen molar-refractivity contribution in [3.8, 4) is 22.5 Å². The minimum atomic E-state index is 0.105. The van der Waals surface area contributed by atoms with Crippen molar-refractivity contribution in [2.45, 2.75) is 11.1 Å². The van der Waals surface area contributed by atoms with Gasteiger partial charge in [-0.1, -0.05) is 17.4 Å². The first-order chi connectivity index (χ1) is 15.6. The molecule has 1 atom stereocenters. The Morgan fingerprint density at radius 2 is 1.88 bits per heavy atom. The molecule has 32 heavy (non-hydrogen) atoms. The summed E-state index contributed by atoms with van der Waals surface area (Å²) in [6, 6.07) is 10.4. The highest BCUT2D eigenvalue weighted by molar-refractivity contribution is 7.98. The van der Waals surface area contributed by atoms with Crippen molar-refractivity contribution in [1.29, 1.82) is 0 Å². The second kappa shape index (κ2) is 8.61. The Balaban J connectivity index is 1.73. The predicted molar refractivity (Wildman–Crippen MR) is 133 cm³/mol. The molecule has 4 aromatic heterocycles. The minimum Gasteiger partial charge on any atom is -0.380 e. The molecule has 0 aliphatic carbocycles. The number of aromatic nitrogens is 5. The summed E-state index contributed by atoms with van der Waals surface area (Å²) in [5.74, 6) is 1.02. The molecule has 0 N–H and O–H groups in total. The van der Waals surface area contributed by atoms with Gasteiger partial charge in [-0.3, -0.25) is 14.6 Å². The molecule has 0 bridgehead atoms. The van der Waals surface area contributed by atoms with Gasteiger partial charge in [-0.25, -0.2) is 4.98 Å². The summed E-state index contributed by atoms with van der Waals surface area (Å²) < 4.78 is 8.66. The van der Waals surface area contributed by atoms with Crippen LogP contribution in [0.5, 0.6) is 0 Å². The monoisotopic (exact) mass is 462 g/mol. The summed E-state index contributed by atoms with van der Waals surface area (Å²) in [6.07, 6.45) is 7.58. The number of methoxy groups -OCH3 is 1. The smallest absolute Gasteiger partial charge is 0.214 e. The summed E-state index contributed by atoms with van der Waals surface area (Å²) in [7, 11) is 3.85. The van der Waals surface area contributed by atoms with Gasteiger partial charge in [0.1, 0.15) is 16.8 Å². The zero-order valence-electron chi connectivity index (χ0n) is 18.5. The Kier molecular flexibility index (Phi) is 5.67. The standard InChI is InChI=1S/C24H24N5OS2/c1-15-22-17(21-7-8-27-29(21)2)14-19(16-5-6-18-20(13-16)26-10-9-25-18)28-23(22)31-24(15)32(4)12-11-30-3/h5-10,13-14H,11-12H2,1-4H3/q+1. The van der Waals surface area contributed by atoms with Crippen molar-refractivity contribution >= 4 is 43.5 Å². The second-order valence-electron chi connectivity index (χ2n) is 7.68. The van der Waals surface area contributed by atoms with E-state index in [9.17, 15) is 0 Å². The van der Waals surface area contributed by atoms with E-state index in [1.54, 1.807) is 30.8 Å². The van der Waals surface area contributed by atoms with E-state index >= 15 is 0 Å². The maximum Gasteiger partial charge on any atom is 0.214 e. The highest BCUT2D eigenvalue weighted by atomic mass is 32.2. The van der Waals surface area contributed by atoms with Crippen LogP contribution in [0.1, 0.15) is 5.56 Å². The third-order valence-corrected chi connectivity index (χ3v) is 9.43. The second-order valence-corrected chi connectivity index (χ2v) is 11.0. The molecule has 1 aromatic carbocycles. The lowest BCUT2D eigenvalue weighted by Gasteiger charge is -2.09. The SMILES string of the molecule is COCC[S+](C)c1sc2nc(-c3ccc4nccnc4c3)cc(-c3ccnn3C)c2c1C. The number of aryl methyl sites for hydroxylation is 2. The zero-order valence-corrected chi connectivity index (χ0v) is 20.1. The van der Waals surface area contributed by atoms with Crippen LogP contribution in [0.4, 0.5) is 0 Å². The van der Waals surface area contributed by atoms with Crippen LogP contribution >= 0.6 is 11.3 Å². The number of rotatable bonds is 6. The van der Waals surface area contributed by atoms with E-state index in [-0.39, 0.29) is 10.9 Å². The van der Waals surface area contributed by atoms with Crippen LogP contribution in [-0.4, -0.2) is 50.5 Å². The molecule has 6 nitrogen and oxygen atoms in total. The highest BCUT2D eigenvalue weighted by Gasteiger charge is 2.26. The van der Waals surface area contributed by atoms with E-state index in [4.69, 9.17) is 9.72 Å². The van der Waals surface area contributed by atoms with E-state index in [0.717, 1.165) is 50.7 Å². The van der Waals surface area contributed by atoms with Gasteiger partial charge < -0.3 is 4.74 Å². The summed E-state index contributed by atoms with van der Waals surface area (Å²) in [4.78, 5) is 15.0. The lowest BCUT2D eigenvalue weighted by atomic mass is 10.0. The molecule has 0 aliphatic heterocycles. The minimum absolute atomic E-state index is 0.105. The molecule has 5 rings (SSSR count). The molecule has 4 heterocycles. The summed E-state index contributed by atoms with van der Waals surface area (Å²) in [6.45, 7) is 2.98.